The van der Waals surface area contributed by atoms with E-state index in [-0.39, 0.29) is 30.8 Å². The molecule has 8 nitrogen and oxygen atoms in total. The second-order valence-electron chi connectivity index (χ2n) is 10.6. The SMILES string of the molecule is CCOc1ccc(N(CCCC(=O)N(Cc2cccc(C)c2)[C@@H](CC)C(=O)NC2CCCCC2)S(C)(=O)=O)cc1. The van der Waals surface area contributed by atoms with E-state index in [1.807, 2.05) is 45.0 Å². The van der Waals surface area contributed by atoms with Gasteiger partial charge in [-0.15, -0.1) is 0 Å². The molecule has 1 fully saturated rings. The van der Waals surface area contributed by atoms with E-state index in [4.69, 9.17) is 4.74 Å². The maximum atomic E-state index is 13.7. The zero-order valence-corrected chi connectivity index (χ0v) is 25.2. The number of aryl methyl sites for hydroxylation is 1. The summed E-state index contributed by atoms with van der Waals surface area (Å²) in [6.07, 6.45) is 7.48. The number of nitrogens with one attached hydrogen (secondary N) is 1. The van der Waals surface area contributed by atoms with E-state index in [9.17, 15) is 18.0 Å². The number of sulfonamides is 1. The Kier molecular flexibility index (Phi) is 11.9. The van der Waals surface area contributed by atoms with Crippen molar-refractivity contribution in [1.29, 1.82) is 0 Å². The molecule has 0 aromatic heterocycles. The molecule has 1 N–H and O–H groups in total. The molecule has 0 bridgehead atoms. The van der Waals surface area contributed by atoms with Crippen molar-refractivity contribution in [3.63, 3.8) is 0 Å². The van der Waals surface area contributed by atoms with Crippen LogP contribution in [0.15, 0.2) is 48.5 Å². The van der Waals surface area contributed by atoms with Crippen molar-refractivity contribution in [3.05, 3.63) is 59.7 Å². The molecular weight excluding hydrogens is 526 g/mol. The first-order valence-corrected chi connectivity index (χ1v) is 16.3. The molecule has 1 aliphatic carbocycles. The maximum Gasteiger partial charge on any atom is 0.243 e. The number of hydrogen-bond acceptors (Lipinski definition) is 5. The lowest BCUT2D eigenvalue weighted by molar-refractivity contribution is -0.141. The largest absolute Gasteiger partial charge is 0.494 e. The molecule has 0 radical (unpaired) electrons. The van der Waals surface area contributed by atoms with Gasteiger partial charge in [-0.2, -0.15) is 0 Å². The van der Waals surface area contributed by atoms with Crippen molar-refractivity contribution >= 4 is 27.5 Å². The van der Waals surface area contributed by atoms with Crippen molar-refractivity contribution in [3.8, 4) is 5.75 Å². The number of hydrogen-bond donors (Lipinski definition) is 1. The molecule has 0 saturated heterocycles. The van der Waals surface area contributed by atoms with Crippen LogP contribution in [0.2, 0.25) is 0 Å². The van der Waals surface area contributed by atoms with Crippen LogP contribution in [0.3, 0.4) is 0 Å². The van der Waals surface area contributed by atoms with E-state index in [1.54, 1.807) is 29.2 Å². The van der Waals surface area contributed by atoms with E-state index in [0.717, 1.165) is 43.1 Å². The highest BCUT2D eigenvalue weighted by Gasteiger charge is 2.30. The third-order valence-corrected chi connectivity index (χ3v) is 8.55. The second kappa shape index (κ2) is 15.1. The van der Waals surface area contributed by atoms with Gasteiger partial charge in [0.05, 0.1) is 18.6 Å². The fraction of sp³-hybridized carbons (Fsp3) is 0.548. The summed E-state index contributed by atoms with van der Waals surface area (Å²) in [6.45, 7) is 6.82. The Hall–Kier alpha value is -3.07. The summed E-state index contributed by atoms with van der Waals surface area (Å²) in [5.74, 6) is 0.397. The topological polar surface area (TPSA) is 96.0 Å². The minimum atomic E-state index is -3.56. The van der Waals surface area contributed by atoms with Crippen molar-refractivity contribution in [2.45, 2.75) is 90.8 Å². The van der Waals surface area contributed by atoms with Gasteiger partial charge in [0.2, 0.25) is 21.8 Å². The Morgan fingerprint density at radius 2 is 1.75 bits per heavy atom. The lowest BCUT2D eigenvalue weighted by atomic mass is 9.95. The van der Waals surface area contributed by atoms with Crippen molar-refractivity contribution < 1.29 is 22.7 Å². The van der Waals surface area contributed by atoms with E-state index in [2.05, 4.69) is 5.32 Å². The first-order valence-electron chi connectivity index (χ1n) is 14.5. The summed E-state index contributed by atoms with van der Waals surface area (Å²) in [5, 5.41) is 3.20. The highest BCUT2D eigenvalue weighted by Crippen LogP contribution is 2.23. The Morgan fingerprint density at radius 1 is 1.05 bits per heavy atom. The van der Waals surface area contributed by atoms with Gasteiger partial charge in [-0.05, 0) is 69.4 Å². The predicted molar refractivity (Wildman–Crippen MR) is 160 cm³/mol. The Bertz CT molecular complexity index is 1210. The van der Waals surface area contributed by atoms with Gasteiger partial charge < -0.3 is 15.0 Å². The second-order valence-corrected chi connectivity index (χ2v) is 12.6. The molecule has 0 aliphatic heterocycles. The monoisotopic (exact) mass is 571 g/mol. The molecule has 2 aromatic rings. The summed E-state index contributed by atoms with van der Waals surface area (Å²) < 4.78 is 32.0. The molecule has 1 atom stereocenters. The van der Waals surface area contributed by atoms with Gasteiger partial charge in [0, 0.05) is 25.6 Å². The molecule has 1 aliphatic rings. The molecule has 2 aromatic carbocycles. The third kappa shape index (κ3) is 9.25. The Labute approximate surface area is 240 Å². The highest BCUT2D eigenvalue weighted by atomic mass is 32.2. The first-order chi connectivity index (χ1) is 19.1. The van der Waals surface area contributed by atoms with Crippen LogP contribution in [0.25, 0.3) is 0 Å². The minimum absolute atomic E-state index is 0.109. The lowest BCUT2D eigenvalue weighted by Gasteiger charge is -2.33. The van der Waals surface area contributed by atoms with Gasteiger partial charge in [-0.3, -0.25) is 13.9 Å². The molecule has 2 amide bonds. The van der Waals surface area contributed by atoms with Crippen LogP contribution < -0.4 is 14.4 Å². The molecule has 3 rings (SSSR count). The molecule has 40 heavy (non-hydrogen) atoms. The van der Waals surface area contributed by atoms with Gasteiger partial charge in [0.15, 0.2) is 0 Å². The van der Waals surface area contributed by atoms with E-state index in [0.29, 0.717) is 37.4 Å². The molecule has 220 valence electrons. The van der Waals surface area contributed by atoms with Crippen LogP contribution in [0.5, 0.6) is 5.75 Å². The van der Waals surface area contributed by atoms with Crippen molar-refractivity contribution in [2.75, 3.05) is 23.7 Å². The lowest BCUT2D eigenvalue weighted by Crippen LogP contribution is -2.51. The fourth-order valence-corrected chi connectivity index (χ4v) is 6.32. The summed E-state index contributed by atoms with van der Waals surface area (Å²) in [4.78, 5) is 28.8. The summed E-state index contributed by atoms with van der Waals surface area (Å²) in [7, 11) is -3.56. The van der Waals surface area contributed by atoms with Gasteiger partial charge in [0.25, 0.3) is 0 Å². The van der Waals surface area contributed by atoms with Crippen LogP contribution >= 0.6 is 0 Å². The Morgan fingerprint density at radius 3 is 2.35 bits per heavy atom. The predicted octanol–water partition coefficient (Wildman–Crippen LogP) is 5.20. The molecule has 0 unspecified atom stereocenters. The standard InChI is InChI=1S/C31H45N3O5S/c1-5-29(31(36)32-26-14-8-7-9-15-26)33(23-25-13-10-12-24(3)22-25)30(35)16-11-21-34(40(4,37)38)27-17-19-28(20-18-27)39-6-2/h10,12-13,17-20,22,26,29H,5-9,11,14-16,21,23H2,1-4H3,(H,32,36)/t29-/m0/s1. The van der Waals surface area contributed by atoms with Crippen molar-refractivity contribution in [2.24, 2.45) is 0 Å². The molecular formula is C31H45N3O5S. The zero-order valence-electron chi connectivity index (χ0n) is 24.4. The van der Waals surface area contributed by atoms with Crippen LogP contribution in [0, 0.1) is 6.92 Å². The summed E-state index contributed by atoms with van der Waals surface area (Å²) in [5.41, 5.74) is 2.57. The smallest absolute Gasteiger partial charge is 0.243 e. The van der Waals surface area contributed by atoms with Gasteiger partial charge >= 0.3 is 0 Å². The van der Waals surface area contributed by atoms with Crippen LogP contribution in [-0.2, 0) is 26.2 Å². The van der Waals surface area contributed by atoms with E-state index < -0.39 is 16.1 Å². The minimum Gasteiger partial charge on any atom is -0.494 e. The third-order valence-electron chi connectivity index (χ3n) is 7.36. The number of carbonyl (C=O) groups excluding carboxylic acids is 2. The molecule has 0 spiro atoms. The quantitative estimate of drug-likeness (QED) is 0.336. The molecule has 1 saturated carbocycles. The van der Waals surface area contributed by atoms with Crippen LogP contribution in [0.1, 0.15) is 76.3 Å². The van der Waals surface area contributed by atoms with E-state index in [1.165, 1.54) is 10.7 Å². The summed E-state index contributed by atoms with van der Waals surface area (Å²) in [6, 6.07) is 14.4. The molecule has 0 heterocycles. The number of anilines is 1. The van der Waals surface area contributed by atoms with Crippen molar-refractivity contribution in [1.82, 2.24) is 10.2 Å². The number of carbonyl (C=O) groups is 2. The number of nitrogens with zero attached hydrogens (tertiary/aromatic N) is 2. The number of ether oxygens (including phenoxy) is 1. The normalized spacial score (nSPS) is 14.8. The average Bonchev–Trinajstić information content (AvgIpc) is 2.91. The first kappa shape index (κ1) is 31.5. The fourth-order valence-electron chi connectivity index (χ4n) is 5.35. The molecule has 9 heteroatoms. The maximum absolute atomic E-state index is 13.7. The highest BCUT2D eigenvalue weighted by molar-refractivity contribution is 7.92. The van der Waals surface area contributed by atoms with Crippen LogP contribution in [-0.4, -0.2) is 56.6 Å². The Balaban J connectivity index is 1.74. The van der Waals surface area contributed by atoms with E-state index >= 15 is 0 Å². The number of rotatable bonds is 14. The van der Waals surface area contributed by atoms with Gasteiger partial charge in [0.1, 0.15) is 11.8 Å². The zero-order chi connectivity index (χ0) is 29.1. The number of amides is 2. The number of benzene rings is 2. The van der Waals surface area contributed by atoms with Gasteiger partial charge in [-0.25, -0.2) is 8.42 Å². The van der Waals surface area contributed by atoms with Crippen LogP contribution in [0.4, 0.5) is 5.69 Å². The summed E-state index contributed by atoms with van der Waals surface area (Å²) >= 11 is 0. The average molecular weight is 572 g/mol. The van der Waals surface area contributed by atoms with Gasteiger partial charge in [-0.1, -0.05) is 56.0 Å².